The molecule has 1 saturated heterocycles. The summed E-state index contributed by atoms with van der Waals surface area (Å²) < 4.78 is 33.1. The average molecular weight is 500 g/mol. The van der Waals surface area contributed by atoms with Crippen molar-refractivity contribution in [1.82, 2.24) is 9.21 Å². The van der Waals surface area contributed by atoms with Crippen LogP contribution in [0.15, 0.2) is 63.4 Å². The molecule has 34 heavy (non-hydrogen) atoms. The number of hydrogen-bond donors (Lipinski definition) is 0. The normalized spacial score (nSPS) is 16.8. The van der Waals surface area contributed by atoms with Gasteiger partial charge in [0.15, 0.2) is 0 Å². The Bertz CT molecular complexity index is 1180. The molecule has 2 aliphatic heterocycles. The molecule has 2 aliphatic rings. The number of furan rings is 1. The fourth-order valence-corrected chi connectivity index (χ4v) is 7.08. The number of hydrogen-bond acceptors (Lipinski definition) is 6. The van der Waals surface area contributed by atoms with Gasteiger partial charge in [-0.15, -0.1) is 11.3 Å². The maximum Gasteiger partial charge on any atom is 0.243 e. The molecule has 3 aromatic rings. The molecule has 0 aliphatic carbocycles. The van der Waals surface area contributed by atoms with Crippen molar-refractivity contribution >= 4 is 33.0 Å². The van der Waals surface area contributed by atoms with E-state index in [1.54, 1.807) is 34.0 Å². The van der Waals surface area contributed by atoms with E-state index in [2.05, 4.69) is 11.0 Å². The molecular formula is C25H29N3O4S2. The van der Waals surface area contributed by atoms with Gasteiger partial charge in [-0.05, 0) is 73.0 Å². The Labute approximate surface area is 204 Å². The van der Waals surface area contributed by atoms with Gasteiger partial charge in [0.1, 0.15) is 5.76 Å². The monoisotopic (exact) mass is 499 g/mol. The number of fused-ring (bicyclic) bond motifs is 1. The zero-order valence-corrected chi connectivity index (χ0v) is 20.7. The highest BCUT2D eigenvalue weighted by Crippen LogP contribution is 2.31. The van der Waals surface area contributed by atoms with E-state index >= 15 is 0 Å². The number of aryl methyl sites for hydroxylation is 1. The number of amides is 1. The second kappa shape index (κ2) is 10.0. The zero-order chi connectivity index (χ0) is 23.5. The van der Waals surface area contributed by atoms with E-state index in [9.17, 15) is 13.2 Å². The Morgan fingerprint density at radius 1 is 1.03 bits per heavy atom. The maximum absolute atomic E-state index is 13.4. The molecule has 4 heterocycles. The third-order valence-corrected chi connectivity index (χ3v) is 9.21. The lowest BCUT2D eigenvalue weighted by Crippen LogP contribution is -2.42. The fraction of sp³-hybridized carbons (Fsp3) is 0.400. The quantitative estimate of drug-likeness (QED) is 0.466. The van der Waals surface area contributed by atoms with Crippen LogP contribution in [0.25, 0.3) is 0 Å². The highest BCUT2D eigenvalue weighted by atomic mass is 32.2. The molecule has 5 rings (SSSR count). The molecule has 0 radical (unpaired) electrons. The SMILES string of the molecule is O=C(CN(Cc1ccco1)Cc1cccs1)N1CCCc2cc(S(=O)(=O)N3CCCC3)ccc21. The van der Waals surface area contributed by atoms with Crippen molar-refractivity contribution in [3.05, 3.63) is 70.3 Å². The van der Waals surface area contributed by atoms with Crippen LogP contribution in [0.3, 0.4) is 0 Å². The summed E-state index contributed by atoms with van der Waals surface area (Å²) in [6.07, 6.45) is 5.05. The van der Waals surface area contributed by atoms with Gasteiger partial charge in [0.2, 0.25) is 15.9 Å². The number of rotatable bonds is 8. The van der Waals surface area contributed by atoms with Gasteiger partial charge in [-0.3, -0.25) is 9.69 Å². The number of anilines is 1. The van der Waals surface area contributed by atoms with E-state index < -0.39 is 10.0 Å². The third kappa shape index (κ3) is 4.98. The summed E-state index contributed by atoms with van der Waals surface area (Å²) in [5, 5.41) is 2.04. The van der Waals surface area contributed by atoms with Crippen LogP contribution in [0.4, 0.5) is 5.69 Å². The molecule has 0 bridgehead atoms. The molecule has 0 unspecified atom stereocenters. The lowest BCUT2D eigenvalue weighted by molar-refractivity contribution is -0.120. The predicted octanol–water partition coefficient (Wildman–Crippen LogP) is 4.11. The Morgan fingerprint density at radius 3 is 2.62 bits per heavy atom. The highest BCUT2D eigenvalue weighted by Gasteiger charge is 2.30. The van der Waals surface area contributed by atoms with Crippen LogP contribution in [0, 0.1) is 0 Å². The number of carbonyl (C=O) groups is 1. The predicted molar refractivity (Wildman–Crippen MR) is 132 cm³/mol. The molecule has 0 spiro atoms. The van der Waals surface area contributed by atoms with Crippen molar-refractivity contribution < 1.29 is 17.6 Å². The smallest absolute Gasteiger partial charge is 0.243 e. The van der Waals surface area contributed by atoms with Crippen LogP contribution in [-0.2, 0) is 34.3 Å². The molecule has 180 valence electrons. The Balaban J connectivity index is 1.35. The Kier molecular flexibility index (Phi) is 6.87. The van der Waals surface area contributed by atoms with E-state index in [0.717, 1.165) is 42.7 Å². The maximum atomic E-state index is 13.4. The second-order valence-corrected chi connectivity index (χ2v) is 11.8. The summed E-state index contributed by atoms with van der Waals surface area (Å²) >= 11 is 1.67. The summed E-state index contributed by atoms with van der Waals surface area (Å²) in [5.41, 5.74) is 1.75. The number of thiophene rings is 1. The molecular weight excluding hydrogens is 470 g/mol. The standard InChI is InChI=1S/C25H29N3O4S2/c29-25(19-26(17-21-7-4-14-32-21)18-22-8-5-15-33-22)28-13-3-6-20-16-23(9-10-24(20)28)34(30,31)27-11-1-2-12-27/h4-5,7-10,14-16H,1-3,6,11-13,17-19H2. The van der Waals surface area contributed by atoms with Crippen molar-refractivity contribution in [2.24, 2.45) is 0 Å². The minimum Gasteiger partial charge on any atom is -0.468 e. The van der Waals surface area contributed by atoms with E-state index in [-0.39, 0.29) is 12.5 Å². The number of benzene rings is 1. The summed E-state index contributed by atoms with van der Waals surface area (Å²) in [7, 11) is -3.47. The van der Waals surface area contributed by atoms with Gasteiger partial charge in [-0.25, -0.2) is 8.42 Å². The number of sulfonamides is 1. The number of carbonyl (C=O) groups excluding carboxylic acids is 1. The van der Waals surface area contributed by atoms with E-state index in [1.165, 1.54) is 4.88 Å². The minimum absolute atomic E-state index is 0.0132. The molecule has 7 nitrogen and oxygen atoms in total. The van der Waals surface area contributed by atoms with Gasteiger partial charge >= 0.3 is 0 Å². The summed E-state index contributed by atoms with van der Waals surface area (Å²) in [4.78, 5) is 18.9. The topological polar surface area (TPSA) is 74.1 Å². The lowest BCUT2D eigenvalue weighted by atomic mass is 10.0. The molecule has 0 N–H and O–H groups in total. The first kappa shape index (κ1) is 23.3. The summed E-state index contributed by atoms with van der Waals surface area (Å²) in [6, 6.07) is 13.1. The van der Waals surface area contributed by atoms with Gasteiger partial charge in [0.05, 0.1) is 24.2 Å². The molecule has 9 heteroatoms. The zero-order valence-electron chi connectivity index (χ0n) is 19.1. The van der Waals surface area contributed by atoms with Crippen molar-refractivity contribution in [3.63, 3.8) is 0 Å². The van der Waals surface area contributed by atoms with Gasteiger partial charge in [-0.2, -0.15) is 4.31 Å². The first-order valence-electron chi connectivity index (χ1n) is 11.7. The molecule has 0 atom stereocenters. The van der Waals surface area contributed by atoms with Crippen molar-refractivity contribution in [1.29, 1.82) is 0 Å². The number of nitrogens with zero attached hydrogens (tertiary/aromatic N) is 3. The summed E-state index contributed by atoms with van der Waals surface area (Å²) in [5.74, 6) is 0.833. The van der Waals surface area contributed by atoms with Gasteiger partial charge in [0.25, 0.3) is 0 Å². The lowest BCUT2D eigenvalue weighted by Gasteiger charge is -2.32. The van der Waals surface area contributed by atoms with Crippen molar-refractivity contribution in [2.45, 2.75) is 43.7 Å². The van der Waals surface area contributed by atoms with Crippen molar-refractivity contribution in [2.75, 3.05) is 31.1 Å². The first-order valence-corrected chi connectivity index (χ1v) is 14.0. The van der Waals surface area contributed by atoms with Crippen LogP contribution >= 0.6 is 11.3 Å². The van der Waals surface area contributed by atoms with Crippen LogP contribution < -0.4 is 4.90 Å². The molecule has 0 saturated carbocycles. The average Bonchev–Trinajstić information content (AvgIpc) is 3.62. The third-order valence-electron chi connectivity index (χ3n) is 6.45. The first-order chi connectivity index (χ1) is 16.5. The largest absolute Gasteiger partial charge is 0.468 e. The Morgan fingerprint density at radius 2 is 1.88 bits per heavy atom. The fourth-order valence-electron chi connectivity index (χ4n) is 4.76. The van der Waals surface area contributed by atoms with Gasteiger partial charge in [-0.1, -0.05) is 6.07 Å². The van der Waals surface area contributed by atoms with Gasteiger partial charge < -0.3 is 9.32 Å². The van der Waals surface area contributed by atoms with Crippen LogP contribution in [0.5, 0.6) is 0 Å². The highest BCUT2D eigenvalue weighted by molar-refractivity contribution is 7.89. The molecule has 1 aromatic carbocycles. The van der Waals surface area contributed by atoms with Crippen molar-refractivity contribution in [3.8, 4) is 0 Å². The van der Waals surface area contributed by atoms with E-state index in [4.69, 9.17) is 4.42 Å². The van der Waals surface area contributed by atoms with E-state index in [1.807, 2.05) is 34.5 Å². The van der Waals surface area contributed by atoms with Gasteiger partial charge in [0, 0.05) is 36.7 Å². The molecule has 1 amide bonds. The Hall–Kier alpha value is -2.46. The second-order valence-electron chi connectivity index (χ2n) is 8.85. The van der Waals surface area contributed by atoms with E-state index in [0.29, 0.717) is 37.6 Å². The molecule has 2 aromatic heterocycles. The summed E-state index contributed by atoms with van der Waals surface area (Å²) in [6.45, 7) is 3.27. The van der Waals surface area contributed by atoms with Crippen LogP contribution in [0.2, 0.25) is 0 Å². The minimum atomic E-state index is -3.47. The molecule has 1 fully saturated rings. The van der Waals surface area contributed by atoms with Crippen LogP contribution in [-0.4, -0.2) is 49.7 Å². The van der Waals surface area contributed by atoms with Crippen LogP contribution in [0.1, 0.15) is 35.5 Å².